The highest BCUT2D eigenvalue weighted by molar-refractivity contribution is 7.17. The number of hydrogen-bond donors (Lipinski definition) is 2. The molecule has 0 bridgehead atoms. The van der Waals surface area contributed by atoms with Gasteiger partial charge >= 0.3 is 5.97 Å². The van der Waals surface area contributed by atoms with E-state index in [1.54, 1.807) is 6.07 Å². The third kappa shape index (κ3) is 2.78. The molecule has 2 aliphatic rings. The summed E-state index contributed by atoms with van der Waals surface area (Å²) in [5, 5.41) is 6.20. The molecule has 1 aromatic carbocycles. The summed E-state index contributed by atoms with van der Waals surface area (Å²) in [6.45, 7) is 0. The first kappa shape index (κ1) is 16.8. The van der Waals surface area contributed by atoms with E-state index in [0.717, 1.165) is 35.3 Å². The molecule has 7 heteroatoms. The second-order valence-electron chi connectivity index (χ2n) is 6.43. The van der Waals surface area contributed by atoms with E-state index in [4.69, 9.17) is 4.74 Å². The number of nitrogens with one attached hydrogen (secondary N) is 2. The average molecular weight is 370 g/mol. The second-order valence-corrected chi connectivity index (χ2v) is 7.54. The first-order valence-electron chi connectivity index (χ1n) is 8.51. The summed E-state index contributed by atoms with van der Waals surface area (Å²) in [4.78, 5) is 38.3. The lowest BCUT2D eigenvalue weighted by molar-refractivity contribution is -0.123. The van der Waals surface area contributed by atoms with Crippen molar-refractivity contribution in [1.82, 2.24) is 0 Å². The standard InChI is InChI=1S/C19H18N2O4S/c1-25-19(24)16-11-6-4-8-14(11)26-18(16)21-17(23)12-9-15(22)20-13-7-3-2-5-10(12)13/h2-3,5,7,12H,4,6,8-9H2,1H3,(H,20,22)(H,21,23)/t12-/m0/s1. The van der Waals surface area contributed by atoms with Gasteiger partial charge in [0, 0.05) is 17.0 Å². The van der Waals surface area contributed by atoms with Gasteiger partial charge in [-0.2, -0.15) is 0 Å². The van der Waals surface area contributed by atoms with Crippen molar-refractivity contribution < 1.29 is 19.1 Å². The number of esters is 1. The maximum Gasteiger partial charge on any atom is 0.341 e. The number of benzene rings is 1. The van der Waals surface area contributed by atoms with E-state index in [0.29, 0.717) is 16.3 Å². The maximum absolute atomic E-state index is 12.9. The molecular weight excluding hydrogens is 352 g/mol. The molecule has 0 radical (unpaired) electrons. The summed E-state index contributed by atoms with van der Waals surface area (Å²) in [5.74, 6) is -1.48. The van der Waals surface area contributed by atoms with Gasteiger partial charge in [-0.1, -0.05) is 18.2 Å². The van der Waals surface area contributed by atoms with Crippen LogP contribution in [-0.2, 0) is 27.2 Å². The smallest absolute Gasteiger partial charge is 0.341 e. The van der Waals surface area contributed by atoms with Crippen molar-refractivity contribution in [2.75, 3.05) is 17.7 Å². The number of fused-ring (bicyclic) bond motifs is 2. The predicted molar refractivity (Wildman–Crippen MR) is 98.7 cm³/mol. The fraction of sp³-hybridized carbons (Fsp3) is 0.316. The third-order valence-electron chi connectivity index (χ3n) is 4.86. The summed E-state index contributed by atoms with van der Waals surface area (Å²) in [6, 6.07) is 7.29. The van der Waals surface area contributed by atoms with Gasteiger partial charge in [-0.05, 0) is 36.5 Å². The zero-order valence-corrected chi connectivity index (χ0v) is 15.1. The van der Waals surface area contributed by atoms with Gasteiger partial charge < -0.3 is 15.4 Å². The molecule has 1 aliphatic carbocycles. The fourth-order valence-electron chi connectivity index (χ4n) is 3.65. The van der Waals surface area contributed by atoms with Crippen molar-refractivity contribution in [2.45, 2.75) is 31.6 Å². The van der Waals surface area contributed by atoms with Gasteiger partial charge in [-0.15, -0.1) is 11.3 Å². The minimum absolute atomic E-state index is 0.0848. The Bertz CT molecular complexity index is 918. The number of carbonyl (C=O) groups is 3. The Morgan fingerprint density at radius 2 is 2.08 bits per heavy atom. The number of methoxy groups -OCH3 is 1. The first-order valence-corrected chi connectivity index (χ1v) is 9.32. The molecular formula is C19H18N2O4S. The Morgan fingerprint density at radius 1 is 1.27 bits per heavy atom. The number of para-hydroxylation sites is 1. The molecule has 1 aromatic heterocycles. The van der Waals surface area contributed by atoms with E-state index in [1.165, 1.54) is 18.4 Å². The van der Waals surface area contributed by atoms with Crippen molar-refractivity contribution in [3.8, 4) is 0 Å². The van der Waals surface area contributed by atoms with E-state index < -0.39 is 11.9 Å². The fourth-order valence-corrected chi connectivity index (χ4v) is 4.93. The third-order valence-corrected chi connectivity index (χ3v) is 6.07. The molecule has 1 atom stereocenters. The van der Waals surface area contributed by atoms with E-state index in [1.807, 2.05) is 18.2 Å². The molecule has 2 N–H and O–H groups in total. The number of carbonyl (C=O) groups excluding carboxylic acids is 3. The minimum atomic E-state index is -0.581. The van der Waals surface area contributed by atoms with Crippen LogP contribution in [0.3, 0.4) is 0 Å². The molecule has 0 unspecified atom stereocenters. The van der Waals surface area contributed by atoms with Crippen LogP contribution in [0, 0.1) is 0 Å². The normalized spacial score (nSPS) is 17.9. The number of aryl methyl sites for hydroxylation is 1. The average Bonchev–Trinajstić information content (AvgIpc) is 3.21. The Hall–Kier alpha value is -2.67. The lowest BCUT2D eigenvalue weighted by atomic mass is 9.90. The molecule has 0 saturated heterocycles. The van der Waals surface area contributed by atoms with Gasteiger partial charge in [0.05, 0.1) is 18.6 Å². The Balaban J connectivity index is 1.66. The van der Waals surface area contributed by atoms with Crippen LogP contribution in [0.25, 0.3) is 0 Å². The Kier molecular flexibility index (Phi) is 4.24. The number of hydrogen-bond acceptors (Lipinski definition) is 5. The highest BCUT2D eigenvalue weighted by Gasteiger charge is 2.33. The van der Waals surface area contributed by atoms with E-state index in [2.05, 4.69) is 10.6 Å². The van der Waals surface area contributed by atoms with Crippen molar-refractivity contribution in [3.63, 3.8) is 0 Å². The highest BCUT2D eigenvalue weighted by atomic mass is 32.1. The van der Waals surface area contributed by atoms with Crippen LogP contribution in [0.2, 0.25) is 0 Å². The molecule has 0 spiro atoms. The maximum atomic E-state index is 12.9. The topological polar surface area (TPSA) is 84.5 Å². The van der Waals surface area contributed by atoms with E-state index >= 15 is 0 Å². The summed E-state index contributed by atoms with van der Waals surface area (Å²) in [7, 11) is 1.34. The predicted octanol–water partition coefficient (Wildman–Crippen LogP) is 3.09. The largest absolute Gasteiger partial charge is 0.465 e. The zero-order valence-electron chi connectivity index (χ0n) is 14.3. The van der Waals surface area contributed by atoms with Crippen molar-refractivity contribution in [1.29, 1.82) is 0 Å². The monoisotopic (exact) mass is 370 g/mol. The highest BCUT2D eigenvalue weighted by Crippen LogP contribution is 2.40. The van der Waals surface area contributed by atoms with Crippen LogP contribution in [0.15, 0.2) is 24.3 Å². The molecule has 0 saturated carbocycles. The second kappa shape index (κ2) is 6.57. The van der Waals surface area contributed by atoms with Crippen molar-refractivity contribution in [3.05, 3.63) is 45.8 Å². The number of anilines is 2. The molecule has 1 aliphatic heterocycles. The summed E-state index contributed by atoms with van der Waals surface area (Å²) in [6.07, 6.45) is 2.83. The van der Waals surface area contributed by atoms with Gasteiger partial charge in [0.2, 0.25) is 11.8 Å². The summed E-state index contributed by atoms with van der Waals surface area (Å²) >= 11 is 1.43. The SMILES string of the molecule is COC(=O)c1c(NC(=O)[C@H]2CC(=O)Nc3ccccc32)sc2c1CCC2. The summed E-state index contributed by atoms with van der Waals surface area (Å²) in [5.41, 5.74) is 2.89. The van der Waals surface area contributed by atoms with E-state index in [-0.39, 0.29) is 18.2 Å². The number of ether oxygens (including phenoxy) is 1. The Labute approximate surface area is 154 Å². The zero-order chi connectivity index (χ0) is 18.3. The van der Waals surface area contributed by atoms with Gasteiger partial charge in [0.1, 0.15) is 5.00 Å². The quantitative estimate of drug-likeness (QED) is 0.813. The van der Waals surface area contributed by atoms with Crippen LogP contribution >= 0.6 is 11.3 Å². The van der Waals surface area contributed by atoms with E-state index in [9.17, 15) is 14.4 Å². The minimum Gasteiger partial charge on any atom is -0.465 e. The van der Waals surface area contributed by atoms with Gasteiger partial charge in [0.25, 0.3) is 0 Å². The molecule has 26 heavy (non-hydrogen) atoms. The lowest BCUT2D eigenvalue weighted by Gasteiger charge is -2.24. The molecule has 134 valence electrons. The van der Waals surface area contributed by atoms with Crippen LogP contribution in [0.5, 0.6) is 0 Å². The van der Waals surface area contributed by atoms with Crippen LogP contribution in [0.1, 0.15) is 45.1 Å². The number of rotatable bonds is 3. The van der Waals surface area contributed by atoms with Crippen molar-refractivity contribution >= 4 is 39.8 Å². The van der Waals surface area contributed by atoms with Crippen LogP contribution < -0.4 is 10.6 Å². The van der Waals surface area contributed by atoms with Gasteiger partial charge in [-0.3, -0.25) is 9.59 Å². The number of amides is 2. The molecule has 2 amide bonds. The molecule has 2 heterocycles. The van der Waals surface area contributed by atoms with Crippen LogP contribution in [-0.4, -0.2) is 24.9 Å². The lowest BCUT2D eigenvalue weighted by Crippen LogP contribution is -2.30. The molecule has 2 aromatic rings. The van der Waals surface area contributed by atoms with Crippen LogP contribution in [0.4, 0.5) is 10.7 Å². The molecule has 4 rings (SSSR count). The van der Waals surface area contributed by atoms with Crippen molar-refractivity contribution in [2.24, 2.45) is 0 Å². The first-order chi connectivity index (χ1) is 12.6. The Morgan fingerprint density at radius 3 is 2.88 bits per heavy atom. The van der Waals surface area contributed by atoms with Gasteiger partial charge in [0.15, 0.2) is 0 Å². The van der Waals surface area contributed by atoms with Gasteiger partial charge in [-0.25, -0.2) is 4.79 Å². The summed E-state index contributed by atoms with van der Waals surface area (Å²) < 4.78 is 4.91. The molecule has 6 nitrogen and oxygen atoms in total. The molecule has 0 fully saturated rings. The number of thiophene rings is 1.